The molecule has 4 fully saturated rings. The van der Waals surface area contributed by atoms with E-state index in [-0.39, 0.29) is 0 Å². The molecule has 4 rings (SSSR count). The Bertz CT molecular complexity index is 545. The van der Waals surface area contributed by atoms with Crippen molar-refractivity contribution in [3.63, 3.8) is 0 Å². The number of hydrogen-bond donors (Lipinski definition) is 0. The summed E-state index contributed by atoms with van der Waals surface area (Å²) >= 11 is 0. The van der Waals surface area contributed by atoms with Gasteiger partial charge in [0.05, 0.1) is 10.8 Å². The summed E-state index contributed by atoms with van der Waals surface area (Å²) in [6.07, 6.45) is 19.1. The maximum atomic E-state index is 15.7. The van der Waals surface area contributed by atoms with Gasteiger partial charge in [0.15, 0.2) is 5.78 Å². The number of carbonyl (C=O) groups is 1. The fraction of sp³-hybridized carbons (Fsp3) is 0.963. The first-order valence-corrected chi connectivity index (χ1v) is 13.2. The lowest BCUT2D eigenvalue weighted by Gasteiger charge is -2.61. The second kappa shape index (κ2) is 8.99. The van der Waals surface area contributed by atoms with Gasteiger partial charge in [-0.3, -0.25) is 4.79 Å². The molecule has 166 valence electrons. The van der Waals surface area contributed by atoms with Crippen LogP contribution in [-0.2, 0) is 4.79 Å². The van der Waals surface area contributed by atoms with Crippen LogP contribution in [0.25, 0.3) is 0 Å². The SMILES string of the molecule is CCCCCC1CC[C@]2(CC1)C(=O)[C@@]1(CCC(C3CCC(CC)CC3)CC1)[C@@H]2F. The zero-order valence-corrected chi connectivity index (χ0v) is 19.2. The number of alkyl halides is 1. The third kappa shape index (κ3) is 3.84. The number of unbranched alkanes of at least 4 members (excludes halogenated alkanes) is 2. The summed E-state index contributed by atoms with van der Waals surface area (Å²) in [5.41, 5.74) is -1.13. The molecule has 0 aliphatic heterocycles. The van der Waals surface area contributed by atoms with Crippen LogP contribution >= 0.6 is 0 Å². The summed E-state index contributed by atoms with van der Waals surface area (Å²) in [4.78, 5) is 13.4. The van der Waals surface area contributed by atoms with Crippen molar-refractivity contribution in [3.05, 3.63) is 0 Å². The highest BCUT2D eigenvalue weighted by molar-refractivity contribution is 5.98. The summed E-state index contributed by atoms with van der Waals surface area (Å²) < 4.78 is 15.7. The van der Waals surface area contributed by atoms with E-state index in [1.54, 1.807) is 0 Å². The Kier molecular flexibility index (Phi) is 6.77. The Balaban J connectivity index is 1.28. The highest BCUT2D eigenvalue weighted by atomic mass is 19.1. The molecule has 0 N–H and O–H groups in total. The lowest BCUT2D eigenvalue weighted by atomic mass is 9.41. The van der Waals surface area contributed by atoms with E-state index >= 15 is 4.39 Å². The standard InChI is InChI=1S/C27H45FO/c1-3-5-6-7-21-12-16-26(17-13-21)24(28)27(25(26)29)18-14-23(15-19-27)22-10-8-20(4-2)9-11-22/h20-24H,3-19H2,1-2H3/t20?,21?,22?,23?,24-,26-,27-/m1/s1. The first kappa shape index (κ1) is 21.8. The molecule has 0 aromatic rings. The van der Waals surface area contributed by atoms with Crippen LogP contribution in [0, 0.1) is 34.5 Å². The van der Waals surface area contributed by atoms with Crippen LogP contribution < -0.4 is 0 Å². The average molecular weight is 405 g/mol. The van der Waals surface area contributed by atoms with E-state index in [9.17, 15) is 4.79 Å². The molecular weight excluding hydrogens is 359 g/mol. The van der Waals surface area contributed by atoms with E-state index in [1.807, 2.05) is 0 Å². The van der Waals surface area contributed by atoms with Crippen molar-refractivity contribution in [3.8, 4) is 0 Å². The highest BCUT2D eigenvalue weighted by Crippen LogP contribution is 2.66. The number of ketones is 1. The van der Waals surface area contributed by atoms with Gasteiger partial charge in [-0.1, -0.05) is 58.8 Å². The zero-order chi connectivity index (χ0) is 20.5. The monoisotopic (exact) mass is 404 g/mol. The lowest BCUT2D eigenvalue weighted by molar-refractivity contribution is -0.194. The molecule has 4 aliphatic rings. The molecule has 0 aromatic carbocycles. The molecule has 2 heteroatoms. The minimum absolute atomic E-state index is 0.359. The molecule has 1 atom stereocenters. The molecule has 0 amide bonds. The fourth-order valence-corrected chi connectivity index (χ4v) is 8.00. The number of hydrogen-bond acceptors (Lipinski definition) is 1. The molecule has 4 aliphatic carbocycles. The first-order chi connectivity index (χ1) is 14.1. The second-order valence-electron chi connectivity index (χ2n) is 11.5. The van der Waals surface area contributed by atoms with Gasteiger partial charge < -0.3 is 0 Å². The van der Waals surface area contributed by atoms with Gasteiger partial charge in [0.1, 0.15) is 6.17 Å². The van der Waals surface area contributed by atoms with Gasteiger partial charge in [0.2, 0.25) is 0 Å². The predicted octanol–water partition coefficient (Wildman–Crippen LogP) is 8.06. The van der Waals surface area contributed by atoms with Crippen LogP contribution in [0.15, 0.2) is 0 Å². The van der Waals surface area contributed by atoms with Crippen LogP contribution in [0.3, 0.4) is 0 Å². The smallest absolute Gasteiger partial charge is 0.151 e. The van der Waals surface area contributed by atoms with Crippen LogP contribution in [0.1, 0.15) is 123 Å². The van der Waals surface area contributed by atoms with Crippen LogP contribution in [0.5, 0.6) is 0 Å². The van der Waals surface area contributed by atoms with E-state index < -0.39 is 17.0 Å². The van der Waals surface area contributed by atoms with E-state index in [0.717, 1.165) is 75.0 Å². The Morgan fingerprint density at radius 1 is 0.759 bits per heavy atom. The first-order valence-electron chi connectivity index (χ1n) is 13.2. The lowest BCUT2D eigenvalue weighted by Crippen LogP contribution is -2.69. The van der Waals surface area contributed by atoms with Crippen LogP contribution in [0.4, 0.5) is 4.39 Å². The summed E-state index contributed by atoms with van der Waals surface area (Å²) in [5.74, 6) is 3.68. The number of halogens is 1. The quantitative estimate of drug-likeness (QED) is 0.409. The van der Waals surface area contributed by atoms with Crippen LogP contribution in [-0.4, -0.2) is 12.0 Å². The molecule has 4 saturated carbocycles. The van der Waals surface area contributed by atoms with Crippen LogP contribution in [0.2, 0.25) is 0 Å². The van der Waals surface area contributed by atoms with E-state index in [2.05, 4.69) is 13.8 Å². The Morgan fingerprint density at radius 2 is 1.31 bits per heavy atom. The van der Waals surface area contributed by atoms with Crippen molar-refractivity contribution >= 4 is 5.78 Å². The summed E-state index contributed by atoms with van der Waals surface area (Å²) in [5, 5.41) is 0. The maximum absolute atomic E-state index is 15.7. The molecule has 0 aromatic heterocycles. The zero-order valence-electron chi connectivity index (χ0n) is 19.2. The van der Waals surface area contributed by atoms with E-state index in [4.69, 9.17) is 0 Å². The van der Waals surface area contributed by atoms with Crippen molar-refractivity contribution in [2.45, 2.75) is 129 Å². The topological polar surface area (TPSA) is 17.1 Å². The molecule has 0 unspecified atom stereocenters. The highest BCUT2D eigenvalue weighted by Gasteiger charge is 2.71. The predicted molar refractivity (Wildman–Crippen MR) is 119 cm³/mol. The Hall–Kier alpha value is -0.400. The van der Waals surface area contributed by atoms with Crippen molar-refractivity contribution in [2.24, 2.45) is 34.5 Å². The summed E-state index contributed by atoms with van der Waals surface area (Å²) in [7, 11) is 0. The number of rotatable bonds is 6. The van der Waals surface area contributed by atoms with Gasteiger partial charge in [-0.15, -0.1) is 0 Å². The molecule has 0 bridgehead atoms. The molecule has 29 heavy (non-hydrogen) atoms. The largest absolute Gasteiger partial charge is 0.298 e. The average Bonchev–Trinajstić information content (AvgIpc) is 2.79. The minimum atomic E-state index is -0.837. The van der Waals surface area contributed by atoms with Gasteiger partial charge in [0, 0.05) is 0 Å². The Labute approximate surface area is 179 Å². The number of carbonyl (C=O) groups excluding carboxylic acids is 1. The molecular formula is C27H45FO. The molecule has 1 nitrogen and oxygen atoms in total. The van der Waals surface area contributed by atoms with E-state index in [0.29, 0.717) is 5.78 Å². The third-order valence-electron chi connectivity index (χ3n) is 10.1. The summed E-state index contributed by atoms with van der Waals surface area (Å²) in [6, 6.07) is 0. The maximum Gasteiger partial charge on any atom is 0.151 e. The van der Waals surface area contributed by atoms with Gasteiger partial charge in [0.25, 0.3) is 0 Å². The molecule has 0 saturated heterocycles. The van der Waals surface area contributed by atoms with Gasteiger partial charge in [-0.2, -0.15) is 0 Å². The van der Waals surface area contributed by atoms with E-state index in [1.165, 1.54) is 57.8 Å². The molecule has 0 radical (unpaired) electrons. The molecule has 0 heterocycles. The third-order valence-corrected chi connectivity index (χ3v) is 10.1. The second-order valence-corrected chi connectivity index (χ2v) is 11.5. The van der Waals surface area contributed by atoms with Crippen molar-refractivity contribution in [1.29, 1.82) is 0 Å². The van der Waals surface area contributed by atoms with Crippen molar-refractivity contribution < 1.29 is 9.18 Å². The fourth-order valence-electron chi connectivity index (χ4n) is 8.00. The molecule has 2 spiro atoms. The van der Waals surface area contributed by atoms with Gasteiger partial charge >= 0.3 is 0 Å². The van der Waals surface area contributed by atoms with Gasteiger partial charge in [-0.25, -0.2) is 4.39 Å². The normalized spacial score (nSPS) is 45.5. The van der Waals surface area contributed by atoms with Gasteiger partial charge in [-0.05, 0) is 87.9 Å². The van der Waals surface area contributed by atoms with Crippen molar-refractivity contribution in [2.75, 3.05) is 0 Å². The Morgan fingerprint density at radius 3 is 1.83 bits per heavy atom. The number of Topliss-reactive ketones (excluding diaryl/α,β-unsaturated/α-hetero) is 1. The van der Waals surface area contributed by atoms with Crippen molar-refractivity contribution in [1.82, 2.24) is 0 Å². The minimum Gasteiger partial charge on any atom is -0.298 e. The summed E-state index contributed by atoms with van der Waals surface area (Å²) in [6.45, 7) is 4.58.